The predicted octanol–water partition coefficient (Wildman–Crippen LogP) is 1.74. The molecule has 3 fully saturated rings. The van der Waals surface area contributed by atoms with Gasteiger partial charge < -0.3 is 15.2 Å². The van der Waals surface area contributed by atoms with Gasteiger partial charge in [0.25, 0.3) is 0 Å². The van der Waals surface area contributed by atoms with E-state index in [1.165, 1.54) is 0 Å². The van der Waals surface area contributed by atoms with Crippen LogP contribution in [0.25, 0.3) is 0 Å². The van der Waals surface area contributed by atoms with Crippen LogP contribution in [0.15, 0.2) is 0 Å². The third-order valence-electron chi connectivity index (χ3n) is 5.29. The lowest BCUT2D eigenvalue weighted by Gasteiger charge is -2.47. The summed E-state index contributed by atoms with van der Waals surface area (Å²) in [6.07, 6.45) is 4.82. The largest absolute Gasteiger partial charge is 0.481 e. The normalized spacial score (nSPS) is 38.4. The summed E-state index contributed by atoms with van der Waals surface area (Å²) in [4.78, 5) is 11.8. The van der Waals surface area contributed by atoms with Gasteiger partial charge in [-0.3, -0.25) is 4.79 Å². The van der Waals surface area contributed by atoms with E-state index >= 15 is 0 Å². The summed E-state index contributed by atoms with van der Waals surface area (Å²) in [5, 5.41) is 13.0. The molecule has 2 N–H and O–H groups in total. The second kappa shape index (κ2) is 5.26. The maximum atomic E-state index is 11.8. The number of ether oxygens (including phenoxy) is 1. The Bertz CT molecular complexity index is 343. The molecule has 108 valence electrons. The van der Waals surface area contributed by atoms with Crippen molar-refractivity contribution in [1.29, 1.82) is 0 Å². The quantitative estimate of drug-likeness (QED) is 0.809. The van der Waals surface area contributed by atoms with Gasteiger partial charge in [-0.2, -0.15) is 11.8 Å². The van der Waals surface area contributed by atoms with Crippen molar-refractivity contribution in [2.24, 2.45) is 11.3 Å². The molecule has 3 aliphatic rings. The van der Waals surface area contributed by atoms with Crippen LogP contribution in [0.4, 0.5) is 0 Å². The Morgan fingerprint density at radius 1 is 1.32 bits per heavy atom. The van der Waals surface area contributed by atoms with Crippen LogP contribution < -0.4 is 5.32 Å². The summed E-state index contributed by atoms with van der Waals surface area (Å²) in [7, 11) is 0. The average Bonchev–Trinajstić information content (AvgIpc) is 2.90. The summed E-state index contributed by atoms with van der Waals surface area (Å²) >= 11 is 1.99. The second-order valence-electron chi connectivity index (χ2n) is 6.22. The molecule has 0 radical (unpaired) electrons. The zero-order valence-corrected chi connectivity index (χ0v) is 12.1. The van der Waals surface area contributed by atoms with E-state index in [1.807, 2.05) is 11.8 Å². The minimum Gasteiger partial charge on any atom is -0.481 e. The van der Waals surface area contributed by atoms with Crippen LogP contribution in [0.1, 0.15) is 32.1 Å². The standard InChI is InChI=1S/C14H23NO3S/c16-12(17)14(2-5-15-10-14)11-1-6-18-13(9-11)3-7-19-8-4-13/h11,15H,1-10H2,(H,16,17). The highest BCUT2D eigenvalue weighted by atomic mass is 32.2. The minimum absolute atomic E-state index is 0.0147. The molecular weight excluding hydrogens is 262 g/mol. The zero-order chi connectivity index (χ0) is 13.3. The molecule has 2 unspecified atom stereocenters. The van der Waals surface area contributed by atoms with Crippen molar-refractivity contribution in [3.63, 3.8) is 0 Å². The van der Waals surface area contributed by atoms with Crippen LogP contribution in [-0.4, -0.2) is 47.9 Å². The second-order valence-corrected chi connectivity index (χ2v) is 7.45. The summed E-state index contributed by atoms with van der Waals surface area (Å²) in [5.74, 6) is 1.98. The molecular formula is C14H23NO3S. The maximum absolute atomic E-state index is 11.8. The molecule has 3 heterocycles. The SMILES string of the molecule is O=C(O)C1(C2CCOC3(CCSCC3)C2)CCNC1. The van der Waals surface area contributed by atoms with Crippen LogP contribution in [0.5, 0.6) is 0 Å². The Balaban J connectivity index is 1.78. The van der Waals surface area contributed by atoms with Crippen molar-refractivity contribution in [3.8, 4) is 0 Å². The number of hydrogen-bond acceptors (Lipinski definition) is 4. The van der Waals surface area contributed by atoms with Crippen molar-refractivity contribution in [3.05, 3.63) is 0 Å². The Labute approximate surface area is 118 Å². The lowest BCUT2D eigenvalue weighted by molar-refractivity contribution is -0.162. The van der Waals surface area contributed by atoms with Gasteiger partial charge in [-0.05, 0) is 56.1 Å². The molecule has 3 aliphatic heterocycles. The molecule has 5 heteroatoms. The monoisotopic (exact) mass is 285 g/mol. The number of thioether (sulfide) groups is 1. The highest BCUT2D eigenvalue weighted by Gasteiger charge is 2.52. The lowest BCUT2D eigenvalue weighted by atomic mass is 9.66. The molecule has 3 rings (SSSR count). The molecule has 0 saturated carbocycles. The predicted molar refractivity (Wildman–Crippen MR) is 75.5 cm³/mol. The van der Waals surface area contributed by atoms with Gasteiger partial charge in [-0.25, -0.2) is 0 Å². The first-order chi connectivity index (χ1) is 9.17. The minimum atomic E-state index is -0.607. The van der Waals surface area contributed by atoms with Gasteiger partial charge >= 0.3 is 5.97 Å². The molecule has 0 aromatic heterocycles. The molecule has 3 saturated heterocycles. The average molecular weight is 285 g/mol. The summed E-state index contributed by atoms with van der Waals surface area (Å²) in [5.41, 5.74) is -0.555. The molecule has 0 aromatic rings. The molecule has 2 atom stereocenters. The summed E-state index contributed by atoms with van der Waals surface area (Å²) in [6, 6.07) is 0. The number of hydrogen-bond donors (Lipinski definition) is 2. The van der Waals surface area contributed by atoms with Crippen LogP contribution in [0, 0.1) is 11.3 Å². The first kappa shape index (κ1) is 13.7. The highest BCUT2D eigenvalue weighted by molar-refractivity contribution is 7.99. The van der Waals surface area contributed by atoms with Gasteiger partial charge in [0.15, 0.2) is 0 Å². The molecule has 0 amide bonds. The Kier molecular flexibility index (Phi) is 3.80. The van der Waals surface area contributed by atoms with E-state index in [4.69, 9.17) is 4.74 Å². The summed E-state index contributed by atoms with van der Waals surface area (Å²) < 4.78 is 6.09. The van der Waals surface area contributed by atoms with E-state index in [1.54, 1.807) is 0 Å². The van der Waals surface area contributed by atoms with Crippen LogP contribution >= 0.6 is 11.8 Å². The Morgan fingerprint density at radius 3 is 2.74 bits per heavy atom. The highest BCUT2D eigenvalue weighted by Crippen LogP contribution is 2.48. The number of carbonyl (C=O) groups is 1. The third kappa shape index (κ3) is 2.41. The molecule has 0 aliphatic carbocycles. The van der Waals surface area contributed by atoms with E-state index in [-0.39, 0.29) is 11.5 Å². The van der Waals surface area contributed by atoms with Gasteiger partial charge in [-0.1, -0.05) is 0 Å². The number of carboxylic acids is 1. The van der Waals surface area contributed by atoms with Crippen LogP contribution in [0.3, 0.4) is 0 Å². The van der Waals surface area contributed by atoms with Crippen LogP contribution in [-0.2, 0) is 9.53 Å². The van der Waals surface area contributed by atoms with Gasteiger partial charge in [0.1, 0.15) is 0 Å². The molecule has 0 aromatic carbocycles. The van der Waals surface area contributed by atoms with Gasteiger partial charge in [0, 0.05) is 13.2 Å². The van der Waals surface area contributed by atoms with E-state index in [0.29, 0.717) is 6.54 Å². The van der Waals surface area contributed by atoms with Crippen molar-refractivity contribution in [1.82, 2.24) is 5.32 Å². The fraction of sp³-hybridized carbons (Fsp3) is 0.929. The summed E-state index contributed by atoms with van der Waals surface area (Å²) in [6.45, 7) is 2.22. The van der Waals surface area contributed by atoms with Crippen LogP contribution in [0.2, 0.25) is 0 Å². The Hall–Kier alpha value is -0.260. The first-order valence-corrected chi connectivity index (χ1v) is 8.48. The van der Waals surface area contributed by atoms with Crippen molar-refractivity contribution < 1.29 is 14.6 Å². The van der Waals surface area contributed by atoms with Crippen molar-refractivity contribution in [2.45, 2.75) is 37.7 Å². The molecule has 19 heavy (non-hydrogen) atoms. The van der Waals surface area contributed by atoms with E-state index < -0.39 is 11.4 Å². The number of aliphatic carboxylic acids is 1. The number of carboxylic acid groups (broad SMARTS) is 1. The van der Waals surface area contributed by atoms with E-state index in [2.05, 4.69) is 5.32 Å². The topological polar surface area (TPSA) is 58.6 Å². The van der Waals surface area contributed by atoms with E-state index in [0.717, 1.165) is 56.8 Å². The zero-order valence-electron chi connectivity index (χ0n) is 11.3. The number of rotatable bonds is 2. The third-order valence-corrected chi connectivity index (χ3v) is 6.28. The fourth-order valence-electron chi connectivity index (χ4n) is 4.01. The molecule has 4 nitrogen and oxygen atoms in total. The fourth-order valence-corrected chi connectivity index (χ4v) is 5.24. The van der Waals surface area contributed by atoms with Gasteiger partial charge in [0.2, 0.25) is 0 Å². The Morgan fingerprint density at radius 2 is 2.11 bits per heavy atom. The van der Waals surface area contributed by atoms with Crippen molar-refractivity contribution >= 4 is 17.7 Å². The van der Waals surface area contributed by atoms with E-state index in [9.17, 15) is 9.90 Å². The number of nitrogens with one attached hydrogen (secondary N) is 1. The smallest absolute Gasteiger partial charge is 0.311 e. The molecule has 0 bridgehead atoms. The first-order valence-electron chi connectivity index (χ1n) is 7.33. The van der Waals surface area contributed by atoms with Crippen molar-refractivity contribution in [2.75, 3.05) is 31.2 Å². The van der Waals surface area contributed by atoms with Gasteiger partial charge in [0.05, 0.1) is 11.0 Å². The van der Waals surface area contributed by atoms with Gasteiger partial charge in [-0.15, -0.1) is 0 Å². The maximum Gasteiger partial charge on any atom is 0.311 e. The molecule has 1 spiro atoms. The lowest BCUT2D eigenvalue weighted by Crippen LogP contribution is -2.50.